The number of rotatable bonds is 7. The van der Waals surface area contributed by atoms with E-state index in [1.807, 2.05) is 61.8 Å². The molecule has 144 valence electrons. The van der Waals surface area contributed by atoms with Crippen LogP contribution in [0.1, 0.15) is 34.1 Å². The van der Waals surface area contributed by atoms with Gasteiger partial charge in [0.05, 0.1) is 5.03 Å². The maximum atomic E-state index is 12.8. The van der Waals surface area contributed by atoms with E-state index in [4.69, 9.17) is 0 Å². The average molecular weight is 392 g/mol. The van der Waals surface area contributed by atoms with Crippen LogP contribution in [0.2, 0.25) is 0 Å². The molecule has 2 aromatic heterocycles. The van der Waals surface area contributed by atoms with Gasteiger partial charge in [0.1, 0.15) is 0 Å². The van der Waals surface area contributed by atoms with Gasteiger partial charge < -0.3 is 4.90 Å². The lowest BCUT2D eigenvalue weighted by Gasteiger charge is -2.25. The normalized spacial score (nSPS) is 11.8. The van der Waals surface area contributed by atoms with Crippen molar-refractivity contribution in [1.82, 2.24) is 14.9 Å². The van der Waals surface area contributed by atoms with Gasteiger partial charge in [0.15, 0.2) is 0 Å². The Hall–Kier alpha value is -2.66. The van der Waals surface area contributed by atoms with Crippen molar-refractivity contribution in [2.24, 2.45) is 0 Å². The van der Waals surface area contributed by atoms with Crippen LogP contribution in [0.5, 0.6) is 0 Å². The van der Waals surface area contributed by atoms with Crippen molar-refractivity contribution in [3.8, 4) is 0 Å². The molecule has 0 N–H and O–H groups in total. The molecule has 1 unspecified atom stereocenters. The number of pyridine rings is 2. The van der Waals surface area contributed by atoms with Gasteiger partial charge in [0.2, 0.25) is 0 Å². The van der Waals surface area contributed by atoms with Gasteiger partial charge in [-0.25, -0.2) is 4.98 Å². The first-order chi connectivity index (χ1) is 13.5. The van der Waals surface area contributed by atoms with E-state index >= 15 is 0 Å². The number of aryl methyl sites for hydroxylation is 1. The molecule has 1 amide bonds. The summed E-state index contributed by atoms with van der Waals surface area (Å²) in [7, 11) is 1.85. The number of nitrogens with zero attached hydrogens (tertiary/aromatic N) is 3. The number of hydrogen-bond donors (Lipinski definition) is 0. The third kappa shape index (κ3) is 5.42. The Bertz CT molecular complexity index is 913. The number of carbonyl (C=O) groups excluding carboxylic acids is 1. The Labute approximate surface area is 171 Å². The predicted molar refractivity (Wildman–Crippen MR) is 114 cm³/mol. The predicted octanol–water partition coefficient (Wildman–Crippen LogP) is 4.78. The lowest BCUT2D eigenvalue weighted by atomic mass is 10.1. The summed E-state index contributed by atoms with van der Waals surface area (Å²) >= 11 is 1.69. The zero-order valence-electron chi connectivity index (χ0n) is 16.5. The van der Waals surface area contributed by atoms with E-state index in [1.54, 1.807) is 22.9 Å². The van der Waals surface area contributed by atoms with Crippen molar-refractivity contribution in [3.63, 3.8) is 0 Å². The first-order valence-corrected chi connectivity index (χ1v) is 10.3. The van der Waals surface area contributed by atoms with Crippen LogP contribution in [0.4, 0.5) is 0 Å². The van der Waals surface area contributed by atoms with Crippen molar-refractivity contribution in [3.05, 3.63) is 89.4 Å². The minimum absolute atomic E-state index is 0.0316. The van der Waals surface area contributed by atoms with Gasteiger partial charge in [-0.1, -0.05) is 18.2 Å². The molecule has 0 spiro atoms. The van der Waals surface area contributed by atoms with Crippen LogP contribution < -0.4 is 0 Å². The second-order valence-electron chi connectivity index (χ2n) is 6.95. The molecular weight excluding hydrogens is 366 g/mol. The van der Waals surface area contributed by atoms with Gasteiger partial charge in [-0.05, 0) is 61.4 Å². The van der Waals surface area contributed by atoms with Crippen molar-refractivity contribution in [2.75, 3.05) is 7.05 Å². The highest BCUT2D eigenvalue weighted by Crippen LogP contribution is 2.21. The Morgan fingerprint density at radius 3 is 2.54 bits per heavy atom. The van der Waals surface area contributed by atoms with Crippen LogP contribution in [-0.2, 0) is 12.2 Å². The largest absolute Gasteiger partial charge is 0.339 e. The summed E-state index contributed by atoms with van der Waals surface area (Å²) in [6.45, 7) is 4.11. The number of aromatic nitrogens is 2. The molecule has 0 aliphatic carbocycles. The molecule has 4 nitrogen and oxygen atoms in total. The Morgan fingerprint density at radius 2 is 1.86 bits per heavy atom. The van der Waals surface area contributed by atoms with Crippen molar-refractivity contribution in [2.45, 2.75) is 37.1 Å². The Balaban J connectivity index is 1.58. The fraction of sp³-hybridized carbons (Fsp3) is 0.261. The van der Waals surface area contributed by atoms with Crippen LogP contribution in [0.25, 0.3) is 0 Å². The molecule has 0 saturated carbocycles. The molecule has 2 heterocycles. The molecule has 1 aromatic carbocycles. The van der Waals surface area contributed by atoms with Crippen molar-refractivity contribution < 1.29 is 4.79 Å². The van der Waals surface area contributed by atoms with E-state index in [1.165, 1.54) is 11.1 Å². The number of hydrogen-bond acceptors (Lipinski definition) is 4. The monoisotopic (exact) mass is 391 g/mol. The molecular formula is C23H25N3OS. The summed E-state index contributed by atoms with van der Waals surface area (Å²) in [4.78, 5) is 23.3. The minimum Gasteiger partial charge on any atom is -0.339 e. The van der Waals surface area contributed by atoms with Gasteiger partial charge in [-0.15, -0.1) is 11.8 Å². The van der Waals surface area contributed by atoms with Gasteiger partial charge in [0, 0.05) is 48.9 Å². The van der Waals surface area contributed by atoms with E-state index in [9.17, 15) is 4.79 Å². The molecule has 3 rings (SSSR count). The van der Waals surface area contributed by atoms with Crippen LogP contribution in [-0.4, -0.2) is 33.9 Å². The summed E-state index contributed by atoms with van der Waals surface area (Å²) in [5, 5.41) is 1.00. The summed E-state index contributed by atoms with van der Waals surface area (Å²) in [6.07, 6.45) is 4.36. The third-order valence-corrected chi connectivity index (χ3v) is 5.70. The molecule has 0 radical (unpaired) electrons. The second kappa shape index (κ2) is 9.51. The lowest BCUT2D eigenvalue weighted by molar-refractivity contribution is 0.0743. The molecule has 0 saturated heterocycles. The number of thioether (sulfide) groups is 1. The molecule has 28 heavy (non-hydrogen) atoms. The minimum atomic E-state index is 0.0316. The fourth-order valence-corrected chi connectivity index (χ4v) is 3.70. The number of likely N-dealkylation sites (N-methyl/N-ethyl adjacent to an activating group) is 1. The highest BCUT2D eigenvalue weighted by Gasteiger charge is 2.18. The summed E-state index contributed by atoms with van der Waals surface area (Å²) in [5.74, 6) is 0.862. The smallest absolute Gasteiger partial charge is 0.253 e. The lowest BCUT2D eigenvalue weighted by Crippen LogP contribution is -2.36. The Morgan fingerprint density at radius 1 is 1.07 bits per heavy atom. The van der Waals surface area contributed by atoms with Crippen LogP contribution in [0, 0.1) is 6.92 Å². The number of amides is 1. The molecule has 3 aromatic rings. The van der Waals surface area contributed by atoms with Crippen LogP contribution in [0.3, 0.4) is 0 Å². The zero-order chi connectivity index (χ0) is 19.9. The summed E-state index contributed by atoms with van der Waals surface area (Å²) < 4.78 is 0. The standard InChI is InChI=1S/C23H25N3OS/c1-17-11-13-24-21(14-17)15-18(2)26(3)23(27)20-9-7-19(8-10-20)16-28-22-6-4-5-12-25-22/h4-14,18H,15-16H2,1-3H3. The molecule has 1 atom stereocenters. The number of benzene rings is 1. The molecule has 0 aliphatic rings. The third-order valence-electron chi connectivity index (χ3n) is 4.68. The van der Waals surface area contributed by atoms with E-state index < -0.39 is 0 Å². The van der Waals surface area contributed by atoms with Crippen molar-refractivity contribution >= 4 is 17.7 Å². The summed E-state index contributed by atoms with van der Waals surface area (Å²) in [5.41, 5.74) is 4.07. The zero-order valence-corrected chi connectivity index (χ0v) is 17.3. The van der Waals surface area contributed by atoms with Crippen molar-refractivity contribution in [1.29, 1.82) is 0 Å². The SMILES string of the molecule is Cc1ccnc(CC(C)N(C)C(=O)c2ccc(CSc3ccccn3)cc2)c1. The van der Waals surface area contributed by atoms with Gasteiger partial charge in [0.25, 0.3) is 5.91 Å². The molecule has 0 fully saturated rings. The second-order valence-corrected chi connectivity index (χ2v) is 7.94. The molecule has 0 aliphatic heterocycles. The maximum absolute atomic E-state index is 12.8. The number of carbonyl (C=O) groups is 1. The van der Waals surface area contributed by atoms with Crippen LogP contribution in [0.15, 0.2) is 72.0 Å². The Kier molecular flexibility index (Phi) is 6.82. The fourth-order valence-electron chi connectivity index (χ4n) is 2.89. The first-order valence-electron chi connectivity index (χ1n) is 9.34. The van der Waals surface area contributed by atoms with Gasteiger partial charge >= 0.3 is 0 Å². The molecule has 0 bridgehead atoms. The summed E-state index contributed by atoms with van der Waals surface area (Å²) in [6, 6.07) is 17.9. The van der Waals surface area contributed by atoms with Gasteiger partial charge in [-0.3, -0.25) is 9.78 Å². The van der Waals surface area contributed by atoms with E-state index in [0.29, 0.717) is 5.56 Å². The van der Waals surface area contributed by atoms with Gasteiger partial charge in [-0.2, -0.15) is 0 Å². The van der Waals surface area contributed by atoms with E-state index in [-0.39, 0.29) is 11.9 Å². The van der Waals surface area contributed by atoms with E-state index in [0.717, 1.165) is 22.9 Å². The topological polar surface area (TPSA) is 46.1 Å². The first kappa shape index (κ1) is 20.1. The highest BCUT2D eigenvalue weighted by molar-refractivity contribution is 7.98. The average Bonchev–Trinajstić information content (AvgIpc) is 2.72. The van der Waals surface area contributed by atoms with Crippen LogP contribution >= 0.6 is 11.8 Å². The maximum Gasteiger partial charge on any atom is 0.253 e. The quantitative estimate of drug-likeness (QED) is 0.544. The highest BCUT2D eigenvalue weighted by atomic mass is 32.2. The molecule has 5 heteroatoms. The van der Waals surface area contributed by atoms with E-state index in [2.05, 4.69) is 29.9 Å².